The van der Waals surface area contributed by atoms with E-state index in [1.165, 1.54) is 0 Å². The molecular formula is C22H26N2O2. The third kappa shape index (κ3) is 4.31. The van der Waals surface area contributed by atoms with Crippen molar-refractivity contribution in [1.29, 1.82) is 0 Å². The molecule has 2 amide bonds. The Labute approximate surface area is 155 Å². The minimum atomic E-state index is -0.167. The predicted molar refractivity (Wildman–Crippen MR) is 104 cm³/mol. The highest BCUT2D eigenvalue weighted by molar-refractivity contribution is 5.96. The van der Waals surface area contributed by atoms with Gasteiger partial charge in [0.15, 0.2) is 0 Å². The molecule has 1 aliphatic heterocycles. The van der Waals surface area contributed by atoms with E-state index in [1.54, 1.807) is 0 Å². The summed E-state index contributed by atoms with van der Waals surface area (Å²) in [4.78, 5) is 27.3. The van der Waals surface area contributed by atoms with Gasteiger partial charge in [0.1, 0.15) is 0 Å². The largest absolute Gasteiger partial charge is 0.338 e. The molecule has 0 aromatic heterocycles. The normalized spacial score (nSPS) is 17.0. The molecule has 1 N–H and O–H groups in total. The maximum atomic E-state index is 12.9. The van der Waals surface area contributed by atoms with Crippen LogP contribution in [-0.2, 0) is 4.79 Å². The lowest BCUT2D eigenvalue weighted by Crippen LogP contribution is -2.43. The minimum Gasteiger partial charge on any atom is -0.338 e. The van der Waals surface area contributed by atoms with Crippen molar-refractivity contribution in [2.75, 3.05) is 18.4 Å². The summed E-state index contributed by atoms with van der Waals surface area (Å²) < 4.78 is 0. The molecular weight excluding hydrogens is 324 g/mol. The molecule has 4 heteroatoms. The predicted octanol–water partition coefficient (Wildman–Crippen LogP) is 4.10. The van der Waals surface area contributed by atoms with E-state index >= 15 is 0 Å². The van der Waals surface area contributed by atoms with Crippen LogP contribution in [0.3, 0.4) is 0 Å². The Hall–Kier alpha value is -2.62. The quantitative estimate of drug-likeness (QED) is 0.906. The molecule has 1 fully saturated rings. The Balaban J connectivity index is 1.67. The molecule has 1 atom stereocenters. The van der Waals surface area contributed by atoms with Gasteiger partial charge in [-0.05, 0) is 57.9 Å². The van der Waals surface area contributed by atoms with E-state index in [-0.39, 0.29) is 17.7 Å². The fourth-order valence-corrected chi connectivity index (χ4v) is 3.54. The average molecular weight is 350 g/mol. The number of piperidine rings is 1. The van der Waals surface area contributed by atoms with Gasteiger partial charge < -0.3 is 10.2 Å². The number of nitrogens with zero attached hydrogens (tertiary/aromatic N) is 1. The minimum absolute atomic E-state index is 0.00761. The monoisotopic (exact) mass is 350 g/mol. The number of nitrogens with one attached hydrogen (secondary N) is 1. The van der Waals surface area contributed by atoms with Gasteiger partial charge in [0.05, 0.1) is 5.92 Å². The van der Waals surface area contributed by atoms with Crippen LogP contribution in [0.25, 0.3) is 0 Å². The van der Waals surface area contributed by atoms with Gasteiger partial charge in [-0.3, -0.25) is 9.59 Å². The number of likely N-dealkylation sites (tertiary alicyclic amines) is 1. The van der Waals surface area contributed by atoms with Crippen molar-refractivity contribution in [2.45, 2.75) is 33.6 Å². The van der Waals surface area contributed by atoms with Gasteiger partial charge in [0.2, 0.25) is 5.91 Å². The first-order valence-electron chi connectivity index (χ1n) is 9.17. The molecule has 2 aromatic carbocycles. The van der Waals surface area contributed by atoms with Gasteiger partial charge in [-0.25, -0.2) is 0 Å². The molecule has 1 aliphatic rings. The number of benzene rings is 2. The molecule has 0 radical (unpaired) electrons. The van der Waals surface area contributed by atoms with Crippen LogP contribution in [0.4, 0.5) is 5.69 Å². The molecule has 0 saturated carbocycles. The van der Waals surface area contributed by atoms with Crippen molar-refractivity contribution in [1.82, 2.24) is 4.90 Å². The SMILES string of the molecule is Cc1ccc(NC(=O)C2CCCN(C(=O)c3cc(C)cc(C)c3)C2)cc1. The summed E-state index contributed by atoms with van der Waals surface area (Å²) in [7, 11) is 0. The van der Waals surface area contributed by atoms with Gasteiger partial charge in [0, 0.05) is 24.3 Å². The van der Waals surface area contributed by atoms with Gasteiger partial charge in [0.25, 0.3) is 5.91 Å². The average Bonchev–Trinajstić information content (AvgIpc) is 2.62. The standard InChI is InChI=1S/C22H26N2O2/c1-15-6-8-20(9-7-15)23-21(25)18-5-4-10-24(14-18)22(26)19-12-16(2)11-17(3)13-19/h6-9,11-13,18H,4-5,10,14H2,1-3H3,(H,23,25). The fourth-order valence-electron chi connectivity index (χ4n) is 3.54. The summed E-state index contributed by atoms with van der Waals surface area (Å²) in [6.07, 6.45) is 1.66. The lowest BCUT2D eigenvalue weighted by atomic mass is 9.96. The van der Waals surface area contributed by atoms with E-state index in [2.05, 4.69) is 11.4 Å². The van der Waals surface area contributed by atoms with Crippen LogP contribution in [0.5, 0.6) is 0 Å². The Morgan fingerprint density at radius 2 is 1.62 bits per heavy atom. The fraction of sp³-hybridized carbons (Fsp3) is 0.364. The Kier molecular flexibility index (Phi) is 5.40. The zero-order valence-corrected chi connectivity index (χ0v) is 15.7. The molecule has 0 bridgehead atoms. The number of amides is 2. The summed E-state index contributed by atoms with van der Waals surface area (Å²) in [5.41, 5.74) is 4.84. The molecule has 3 rings (SSSR count). The van der Waals surface area contributed by atoms with Crippen LogP contribution in [0, 0.1) is 26.7 Å². The summed E-state index contributed by atoms with van der Waals surface area (Å²) in [5.74, 6) is -0.156. The van der Waals surface area contributed by atoms with Gasteiger partial charge in [-0.2, -0.15) is 0 Å². The number of rotatable bonds is 3. The Bertz CT molecular complexity index is 791. The van der Waals surface area contributed by atoms with Crippen LogP contribution in [0.15, 0.2) is 42.5 Å². The molecule has 4 nitrogen and oxygen atoms in total. The topological polar surface area (TPSA) is 49.4 Å². The second-order valence-corrected chi connectivity index (χ2v) is 7.32. The number of aryl methyl sites for hydroxylation is 3. The van der Waals surface area contributed by atoms with Crippen LogP contribution >= 0.6 is 0 Å². The van der Waals surface area contributed by atoms with Crippen LogP contribution < -0.4 is 5.32 Å². The van der Waals surface area contributed by atoms with Crippen molar-refractivity contribution < 1.29 is 9.59 Å². The van der Waals surface area contributed by atoms with Gasteiger partial charge >= 0.3 is 0 Å². The van der Waals surface area contributed by atoms with Crippen molar-refractivity contribution in [3.05, 3.63) is 64.7 Å². The van der Waals surface area contributed by atoms with Gasteiger partial charge in [-0.1, -0.05) is 34.9 Å². The van der Waals surface area contributed by atoms with Crippen molar-refractivity contribution in [3.63, 3.8) is 0 Å². The zero-order valence-electron chi connectivity index (χ0n) is 15.7. The molecule has 2 aromatic rings. The maximum Gasteiger partial charge on any atom is 0.253 e. The van der Waals surface area contributed by atoms with E-state index in [0.29, 0.717) is 18.7 Å². The van der Waals surface area contributed by atoms with Gasteiger partial charge in [-0.15, -0.1) is 0 Å². The molecule has 1 unspecified atom stereocenters. The number of hydrogen-bond donors (Lipinski definition) is 1. The molecule has 26 heavy (non-hydrogen) atoms. The molecule has 1 saturated heterocycles. The summed E-state index contributed by atoms with van der Waals surface area (Å²) in [6.45, 7) is 7.20. The summed E-state index contributed by atoms with van der Waals surface area (Å²) >= 11 is 0. The lowest BCUT2D eigenvalue weighted by Gasteiger charge is -2.32. The van der Waals surface area contributed by atoms with E-state index in [4.69, 9.17) is 0 Å². The number of carbonyl (C=O) groups excluding carboxylic acids is 2. The Morgan fingerprint density at radius 3 is 2.27 bits per heavy atom. The zero-order chi connectivity index (χ0) is 18.7. The first kappa shape index (κ1) is 18.2. The molecule has 1 heterocycles. The van der Waals surface area contributed by atoms with Crippen molar-refractivity contribution in [2.24, 2.45) is 5.92 Å². The van der Waals surface area contributed by atoms with Crippen molar-refractivity contribution in [3.8, 4) is 0 Å². The number of carbonyl (C=O) groups is 2. The summed E-state index contributed by atoms with van der Waals surface area (Å²) in [6, 6.07) is 13.7. The lowest BCUT2D eigenvalue weighted by molar-refractivity contribution is -0.121. The molecule has 136 valence electrons. The van der Waals surface area contributed by atoms with E-state index in [9.17, 15) is 9.59 Å². The third-order valence-electron chi connectivity index (χ3n) is 4.87. The summed E-state index contributed by atoms with van der Waals surface area (Å²) in [5, 5.41) is 2.98. The maximum absolute atomic E-state index is 12.9. The molecule has 0 aliphatic carbocycles. The Morgan fingerprint density at radius 1 is 0.962 bits per heavy atom. The highest BCUT2D eigenvalue weighted by atomic mass is 16.2. The first-order chi connectivity index (χ1) is 12.4. The highest BCUT2D eigenvalue weighted by Gasteiger charge is 2.29. The number of hydrogen-bond acceptors (Lipinski definition) is 2. The number of anilines is 1. The van der Waals surface area contributed by atoms with Crippen LogP contribution in [-0.4, -0.2) is 29.8 Å². The highest BCUT2D eigenvalue weighted by Crippen LogP contribution is 2.21. The second-order valence-electron chi connectivity index (χ2n) is 7.32. The van der Waals surface area contributed by atoms with E-state index < -0.39 is 0 Å². The van der Waals surface area contributed by atoms with E-state index in [1.807, 2.05) is 62.1 Å². The second kappa shape index (κ2) is 7.73. The first-order valence-corrected chi connectivity index (χ1v) is 9.17. The third-order valence-corrected chi connectivity index (χ3v) is 4.87. The van der Waals surface area contributed by atoms with E-state index in [0.717, 1.165) is 35.2 Å². The van der Waals surface area contributed by atoms with Crippen LogP contribution in [0.1, 0.15) is 39.9 Å². The van der Waals surface area contributed by atoms with Crippen molar-refractivity contribution >= 4 is 17.5 Å². The van der Waals surface area contributed by atoms with Crippen LogP contribution in [0.2, 0.25) is 0 Å². The molecule has 0 spiro atoms. The smallest absolute Gasteiger partial charge is 0.253 e.